The van der Waals surface area contributed by atoms with Gasteiger partial charge in [-0.05, 0) is 6.92 Å². The van der Waals surface area contributed by atoms with E-state index in [1.807, 2.05) is 26.4 Å². The normalized spacial score (nSPS) is 10.3. The molecule has 0 aromatic carbocycles. The predicted molar refractivity (Wildman–Crippen MR) is 65.1 cm³/mol. The van der Waals surface area contributed by atoms with Gasteiger partial charge in [0.05, 0.1) is 6.20 Å². The van der Waals surface area contributed by atoms with E-state index >= 15 is 0 Å². The van der Waals surface area contributed by atoms with Gasteiger partial charge < -0.3 is 10.7 Å². The molecule has 2 aromatic heterocycles. The molecule has 7 heteroatoms. The molecule has 2 rings (SSSR count). The summed E-state index contributed by atoms with van der Waals surface area (Å²) in [6.07, 6.45) is 5.23. The van der Waals surface area contributed by atoms with Crippen LogP contribution in [0.15, 0.2) is 18.7 Å². The van der Waals surface area contributed by atoms with Gasteiger partial charge in [-0.15, -0.1) is 0 Å². The van der Waals surface area contributed by atoms with E-state index < -0.39 is 0 Å². The van der Waals surface area contributed by atoms with Crippen LogP contribution in [0.2, 0.25) is 0 Å². The number of anilines is 2. The fourth-order valence-corrected chi connectivity index (χ4v) is 1.52. The van der Waals surface area contributed by atoms with E-state index in [2.05, 4.69) is 25.8 Å². The summed E-state index contributed by atoms with van der Waals surface area (Å²) in [7, 11) is 1.88. The Bertz CT molecular complexity index is 505. The number of aryl methyl sites for hydroxylation is 1. The van der Waals surface area contributed by atoms with E-state index in [1.165, 1.54) is 6.33 Å². The molecule has 0 aliphatic carbocycles. The molecule has 0 aliphatic rings. The lowest BCUT2D eigenvalue weighted by Crippen LogP contribution is -2.12. The molecule has 0 radical (unpaired) electrons. The fourth-order valence-electron chi connectivity index (χ4n) is 1.52. The molecule has 0 bridgehead atoms. The summed E-state index contributed by atoms with van der Waals surface area (Å²) in [5.41, 5.74) is 4.51. The SMILES string of the molecule is Cc1c(NN)ncnc1NCc1cnn(C)c1. The number of hydrogen-bond donors (Lipinski definition) is 3. The molecule has 2 aromatic rings. The Morgan fingerprint density at radius 3 is 2.76 bits per heavy atom. The van der Waals surface area contributed by atoms with Crippen molar-refractivity contribution < 1.29 is 0 Å². The number of rotatable bonds is 4. The monoisotopic (exact) mass is 233 g/mol. The second-order valence-corrected chi connectivity index (χ2v) is 3.72. The highest BCUT2D eigenvalue weighted by molar-refractivity contribution is 5.55. The zero-order chi connectivity index (χ0) is 12.3. The van der Waals surface area contributed by atoms with Crippen molar-refractivity contribution in [2.24, 2.45) is 12.9 Å². The van der Waals surface area contributed by atoms with Crippen molar-refractivity contribution in [1.29, 1.82) is 0 Å². The van der Waals surface area contributed by atoms with Crippen LogP contribution in [0, 0.1) is 6.92 Å². The van der Waals surface area contributed by atoms with Gasteiger partial charge in [0.25, 0.3) is 0 Å². The van der Waals surface area contributed by atoms with Crippen LogP contribution in [-0.2, 0) is 13.6 Å². The van der Waals surface area contributed by atoms with Gasteiger partial charge in [0.2, 0.25) is 0 Å². The van der Waals surface area contributed by atoms with Gasteiger partial charge in [0, 0.05) is 30.9 Å². The summed E-state index contributed by atoms with van der Waals surface area (Å²) >= 11 is 0. The molecule has 0 amide bonds. The highest BCUT2D eigenvalue weighted by atomic mass is 15.3. The Morgan fingerprint density at radius 2 is 2.12 bits per heavy atom. The van der Waals surface area contributed by atoms with Gasteiger partial charge in [-0.25, -0.2) is 15.8 Å². The molecular weight excluding hydrogens is 218 g/mol. The van der Waals surface area contributed by atoms with Crippen LogP contribution < -0.4 is 16.6 Å². The molecule has 90 valence electrons. The van der Waals surface area contributed by atoms with Gasteiger partial charge in [-0.2, -0.15) is 5.10 Å². The quantitative estimate of drug-likeness (QED) is 0.523. The van der Waals surface area contributed by atoms with Gasteiger partial charge >= 0.3 is 0 Å². The highest BCUT2D eigenvalue weighted by Crippen LogP contribution is 2.17. The van der Waals surface area contributed by atoms with Crippen LogP contribution in [0.1, 0.15) is 11.1 Å². The van der Waals surface area contributed by atoms with Crippen molar-refractivity contribution in [3.05, 3.63) is 29.8 Å². The molecule has 7 nitrogen and oxygen atoms in total. The molecular formula is C10H15N7. The van der Waals surface area contributed by atoms with E-state index in [4.69, 9.17) is 5.84 Å². The first-order valence-electron chi connectivity index (χ1n) is 5.20. The molecule has 0 unspecified atom stereocenters. The fraction of sp³-hybridized carbons (Fsp3) is 0.300. The number of nitrogen functional groups attached to an aromatic ring is 1. The van der Waals surface area contributed by atoms with E-state index in [-0.39, 0.29) is 0 Å². The zero-order valence-electron chi connectivity index (χ0n) is 9.81. The Labute approximate surface area is 99.0 Å². The van der Waals surface area contributed by atoms with Gasteiger partial charge in [0.1, 0.15) is 18.0 Å². The van der Waals surface area contributed by atoms with Gasteiger partial charge in [0.15, 0.2) is 0 Å². The molecule has 4 N–H and O–H groups in total. The van der Waals surface area contributed by atoms with Crippen LogP contribution in [-0.4, -0.2) is 19.7 Å². The first-order chi connectivity index (χ1) is 8.20. The van der Waals surface area contributed by atoms with Crippen LogP contribution in [0.3, 0.4) is 0 Å². The maximum absolute atomic E-state index is 5.35. The Balaban J connectivity index is 2.09. The Kier molecular flexibility index (Phi) is 3.20. The smallest absolute Gasteiger partial charge is 0.148 e. The van der Waals surface area contributed by atoms with Crippen LogP contribution in [0.5, 0.6) is 0 Å². The standard InChI is InChI=1S/C10H15N7/c1-7-9(13-6-14-10(7)16-11)12-3-8-4-15-17(2)5-8/h4-6H,3,11H2,1-2H3,(H2,12,13,14,16). The Morgan fingerprint density at radius 1 is 1.35 bits per heavy atom. The number of aromatic nitrogens is 4. The average Bonchev–Trinajstić information content (AvgIpc) is 2.74. The number of hydrazine groups is 1. The summed E-state index contributed by atoms with van der Waals surface area (Å²) < 4.78 is 1.76. The first kappa shape index (κ1) is 11.3. The third-order valence-electron chi connectivity index (χ3n) is 2.44. The summed E-state index contributed by atoms with van der Waals surface area (Å²) in [4.78, 5) is 8.18. The van der Waals surface area contributed by atoms with Crippen molar-refractivity contribution in [2.45, 2.75) is 13.5 Å². The third kappa shape index (κ3) is 2.51. The number of nitrogens with two attached hydrogens (primary N) is 1. The summed E-state index contributed by atoms with van der Waals surface area (Å²) in [5.74, 6) is 6.73. The Hall–Kier alpha value is -2.15. The molecule has 2 heterocycles. The van der Waals surface area contributed by atoms with Gasteiger partial charge in [-0.1, -0.05) is 0 Å². The topological polar surface area (TPSA) is 93.7 Å². The third-order valence-corrected chi connectivity index (χ3v) is 2.44. The van der Waals surface area contributed by atoms with Crippen molar-refractivity contribution in [3.8, 4) is 0 Å². The minimum Gasteiger partial charge on any atom is -0.365 e. The summed E-state index contributed by atoms with van der Waals surface area (Å²) in [6, 6.07) is 0. The molecule has 0 spiro atoms. The van der Waals surface area contributed by atoms with Crippen molar-refractivity contribution in [1.82, 2.24) is 19.7 Å². The number of hydrogen-bond acceptors (Lipinski definition) is 6. The lowest BCUT2D eigenvalue weighted by Gasteiger charge is -2.09. The molecule has 0 fully saturated rings. The second kappa shape index (κ2) is 4.79. The van der Waals surface area contributed by atoms with Crippen LogP contribution >= 0.6 is 0 Å². The minimum absolute atomic E-state index is 0.619. The second-order valence-electron chi connectivity index (χ2n) is 3.72. The predicted octanol–water partition coefficient (Wildman–Crippen LogP) is 0.416. The van der Waals surface area contributed by atoms with E-state index in [0.29, 0.717) is 12.4 Å². The minimum atomic E-state index is 0.619. The maximum atomic E-state index is 5.35. The molecule has 0 aliphatic heterocycles. The maximum Gasteiger partial charge on any atom is 0.148 e. The van der Waals surface area contributed by atoms with Crippen LogP contribution in [0.25, 0.3) is 0 Å². The largest absolute Gasteiger partial charge is 0.365 e. The van der Waals surface area contributed by atoms with Crippen LogP contribution in [0.4, 0.5) is 11.6 Å². The van der Waals surface area contributed by atoms with Gasteiger partial charge in [-0.3, -0.25) is 4.68 Å². The molecule has 0 saturated heterocycles. The molecule has 0 saturated carbocycles. The summed E-state index contributed by atoms with van der Waals surface area (Å²) in [5, 5.41) is 7.31. The zero-order valence-corrected chi connectivity index (χ0v) is 9.81. The molecule has 17 heavy (non-hydrogen) atoms. The van der Waals surface area contributed by atoms with Crippen molar-refractivity contribution >= 4 is 11.6 Å². The summed E-state index contributed by atoms with van der Waals surface area (Å²) in [6.45, 7) is 2.57. The molecule has 0 atom stereocenters. The lowest BCUT2D eigenvalue weighted by molar-refractivity contribution is 0.767. The lowest BCUT2D eigenvalue weighted by atomic mass is 10.3. The van der Waals surface area contributed by atoms with E-state index in [0.717, 1.165) is 16.9 Å². The highest BCUT2D eigenvalue weighted by Gasteiger charge is 2.05. The van der Waals surface area contributed by atoms with Crippen molar-refractivity contribution in [2.75, 3.05) is 10.7 Å². The van der Waals surface area contributed by atoms with E-state index in [9.17, 15) is 0 Å². The van der Waals surface area contributed by atoms with Crippen molar-refractivity contribution in [3.63, 3.8) is 0 Å². The number of nitrogens with zero attached hydrogens (tertiary/aromatic N) is 4. The number of nitrogens with one attached hydrogen (secondary N) is 2. The van der Waals surface area contributed by atoms with E-state index in [1.54, 1.807) is 4.68 Å². The first-order valence-corrected chi connectivity index (χ1v) is 5.20. The average molecular weight is 233 g/mol.